The maximum atomic E-state index is 9.38. The molecule has 1 nitrogen and oxygen atoms in total. The Morgan fingerprint density at radius 3 is 2.53 bits per heavy atom. The van der Waals surface area contributed by atoms with E-state index in [0.717, 1.165) is 17.3 Å². The van der Waals surface area contributed by atoms with E-state index in [1.807, 2.05) is 12.1 Å². The number of hydrogen-bond acceptors (Lipinski definition) is 1. The van der Waals surface area contributed by atoms with Crippen molar-refractivity contribution >= 4 is 15.9 Å². The van der Waals surface area contributed by atoms with Crippen molar-refractivity contribution in [3.05, 3.63) is 34.3 Å². The Bertz CT molecular complexity index is 446. The third-order valence-electron chi connectivity index (χ3n) is 3.90. The highest BCUT2D eigenvalue weighted by atomic mass is 79.9. The smallest absolute Gasteiger partial charge is 0.0833 e. The van der Waals surface area contributed by atoms with E-state index in [0.29, 0.717) is 5.41 Å². The van der Waals surface area contributed by atoms with Gasteiger partial charge in [-0.2, -0.15) is 5.26 Å². The molecule has 15 heavy (non-hydrogen) atoms. The van der Waals surface area contributed by atoms with Crippen molar-refractivity contribution in [3.8, 4) is 6.07 Å². The van der Waals surface area contributed by atoms with Crippen molar-refractivity contribution in [3.63, 3.8) is 0 Å². The maximum Gasteiger partial charge on any atom is 0.0833 e. The number of benzene rings is 1. The number of nitriles is 1. The van der Waals surface area contributed by atoms with Gasteiger partial charge in [-0.1, -0.05) is 28.1 Å². The Balaban J connectivity index is 1.95. The van der Waals surface area contributed by atoms with E-state index < -0.39 is 0 Å². The summed E-state index contributed by atoms with van der Waals surface area (Å²) in [6.45, 7) is 0. The molecule has 2 saturated carbocycles. The summed E-state index contributed by atoms with van der Waals surface area (Å²) < 4.78 is 1.08. The van der Waals surface area contributed by atoms with Gasteiger partial charge in [0.15, 0.2) is 0 Å². The lowest BCUT2D eigenvalue weighted by atomic mass is 9.57. The molecule has 0 radical (unpaired) electrons. The average molecular weight is 262 g/mol. The Morgan fingerprint density at radius 2 is 2.00 bits per heavy atom. The van der Waals surface area contributed by atoms with Crippen molar-refractivity contribution in [2.75, 3.05) is 0 Å². The summed E-state index contributed by atoms with van der Waals surface area (Å²) in [7, 11) is 0. The van der Waals surface area contributed by atoms with Crippen LogP contribution in [-0.4, -0.2) is 0 Å². The zero-order chi connectivity index (χ0) is 10.5. The van der Waals surface area contributed by atoms with Crippen LogP contribution in [0.5, 0.6) is 0 Å². The lowest BCUT2D eigenvalue weighted by Gasteiger charge is -2.44. The van der Waals surface area contributed by atoms with Crippen LogP contribution in [0.2, 0.25) is 0 Å². The van der Waals surface area contributed by atoms with Crippen LogP contribution >= 0.6 is 15.9 Å². The monoisotopic (exact) mass is 261 g/mol. The predicted molar refractivity (Wildman–Crippen MR) is 62.3 cm³/mol. The minimum atomic E-state index is -0.180. The fourth-order valence-corrected chi connectivity index (χ4v) is 3.29. The quantitative estimate of drug-likeness (QED) is 0.755. The summed E-state index contributed by atoms with van der Waals surface area (Å²) in [5.74, 6) is 0. The molecule has 2 aliphatic rings. The number of nitrogens with zero attached hydrogens (tertiary/aromatic N) is 1. The molecular weight excluding hydrogens is 250 g/mol. The molecule has 1 aromatic carbocycles. The number of hydrogen-bond donors (Lipinski definition) is 0. The standard InChI is InChI=1S/C13H12BrN/c14-11-3-1-2-10(6-11)13(9-15)7-12(8-13)4-5-12/h1-3,6H,4-5,7-8H2. The minimum absolute atomic E-state index is 0.180. The summed E-state index contributed by atoms with van der Waals surface area (Å²) in [5, 5.41) is 9.38. The molecule has 1 aromatic rings. The first-order valence-electron chi connectivity index (χ1n) is 5.36. The second kappa shape index (κ2) is 2.86. The van der Waals surface area contributed by atoms with Crippen molar-refractivity contribution < 1.29 is 0 Å². The average Bonchev–Trinajstić information content (AvgIpc) is 2.94. The summed E-state index contributed by atoms with van der Waals surface area (Å²) in [4.78, 5) is 0. The van der Waals surface area contributed by atoms with Crippen molar-refractivity contribution in [1.82, 2.24) is 0 Å². The molecule has 0 amide bonds. The van der Waals surface area contributed by atoms with E-state index >= 15 is 0 Å². The Kier molecular flexibility index (Phi) is 1.79. The van der Waals surface area contributed by atoms with Crippen LogP contribution in [0.3, 0.4) is 0 Å². The number of rotatable bonds is 1. The predicted octanol–water partition coefficient (Wildman–Crippen LogP) is 3.78. The van der Waals surface area contributed by atoms with Gasteiger partial charge in [0.05, 0.1) is 11.5 Å². The number of halogens is 1. The summed E-state index contributed by atoms with van der Waals surface area (Å²) in [6, 6.07) is 10.8. The molecular formula is C13H12BrN. The molecule has 0 aliphatic heterocycles. The van der Waals surface area contributed by atoms with Gasteiger partial charge in [0, 0.05) is 4.47 Å². The fourth-order valence-electron chi connectivity index (χ4n) is 2.89. The molecule has 1 spiro atoms. The van der Waals surface area contributed by atoms with Crippen LogP contribution in [0.4, 0.5) is 0 Å². The van der Waals surface area contributed by atoms with Gasteiger partial charge < -0.3 is 0 Å². The van der Waals surface area contributed by atoms with Gasteiger partial charge in [-0.05, 0) is 48.8 Å². The summed E-state index contributed by atoms with van der Waals surface area (Å²) in [6.07, 6.45) is 4.83. The van der Waals surface area contributed by atoms with E-state index in [2.05, 4.69) is 34.1 Å². The third-order valence-corrected chi connectivity index (χ3v) is 4.40. The molecule has 3 rings (SSSR count). The molecule has 0 N–H and O–H groups in total. The highest BCUT2D eigenvalue weighted by molar-refractivity contribution is 9.10. The Morgan fingerprint density at radius 1 is 1.27 bits per heavy atom. The SMILES string of the molecule is N#CC1(c2cccc(Br)c2)CC2(CC2)C1. The first-order chi connectivity index (χ1) is 7.18. The van der Waals surface area contributed by atoms with Crippen LogP contribution in [0.25, 0.3) is 0 Å². The van der Waals surface area contributed by atoms with Gasteiger partial charge in [-0.3, -0.25) is 0 Å². The van der Waals surface area contributed by atoms with Gasteiger partial charge in [0.25, 0.3) is 0 Å². The van der Waals surface area contributed by atoms with Gasteiger partial charge in [-0.15, -0.1) is 0 Å². The van der Waals surface area contributed by atoms with Crippen LogP contribution in [-0.2, 0) is 5.41 Å². The zero-order valence-corrected chi connectivity index (χ0v) is 10.0. The largest absolute Gasteiger partial charge is 0.197 e. The summed E-state index contributed by atoms with van der Waals surface area (Å²) >= 11 is 3.47. The Labute approximate surface area is 98.2 Å². The highest BCUT2D eigenvalue weighted by Gasteiger charge is 2.61. The normalized spacial score (nSPS) is 24.3. The Hall–Kier alpha value is -0.810. The first-order valence-corrected chi connectivity index (χ1v) is 6.15. The molecule has 76 valence electrons. The molecule has 0 saturated heterocycles. The van der Waals surface area contributed by atoms with Crippen LogP contribution in [0.15, 0.2) is 28.7 Å². The van der Waals surface area contributed by atoms with Crippen LogP contribution in [0.1, 0.15) is 31.2 Å². The molecule has 2 heteroatoms. The van der Waals surface area contributed by atoms with Crippen molar-refractivity contribution in [2.45, 2.75) is 31.1 Å². The molecule has 0 heterocycles. The van der Waals surface area contributed by atoms with Gasteiger partial charge in [0.2, 0.25) is 0 Å². The van der Waals surface area contributed by atoms with Crippen molar-refractivity contribution in [2.24, 2.45) is 5.41 Å². The van der Waals surface area contributed by atoms with Gasteiger partial charge in [-0.25, -0.2) is 0 Å². The molecule has 0 atom stereocenters. The molecule has 0 unspecified atom stereocenters. The second-order valence-corrected chi connectivity index (χ2v) is 5.97. The fraction of sp³-hybridized carbons (Fsp3) is 0.462. The molecule has 0 aromatic heterocycles. The highest BCUT2D eigenvalue weighted by Crippen LogP contribution is 2.68. The maximum absolute atomic E-state index is 9.38. The van der Waals surface area contributed by atoms with E-state index in [-0.39, 0.29) is 5.41 Å². The third kappa shape index (κ3) is 1.33. The lowest BCUT2D eigenvalue weighted by Crippen LogP contribution is -2.41. The second-order valence-electron chi connectivity index (χ2n) is 5.06. The molecule has 2 aliphatic carbocycles. The zero-order valence-electron chi connectivity index (χ0n) is 8.46. The van der Waals surface area contributed by atoms with Gasteiger partial charge >= 0.3 is 0 Å². The van der Waals surface area contributed by atoms with E-state index in [4.69, 9.17) is 0 Å². The topological polar surface area (TPSA) is 23.8 Å². The minimum Gasteiger partial charge on any atom is -0.197 e. The summed E-state index contributed by atoms with van der Waals surface area (Å²) in [5.41, 5.74) is 1.58. The lowest BCUT2D eigenvalue weighted by molar-refractivity contribution is 0.173. The van der Waals surface area contributed by atoms with E-state index in [1.54, 1.807) is 0 Å². The van der Waals surface area contributed by atoms with Crippen LogP contribution < -0.4 is 0 Å². The first kappa shape index (κ1) is 9.42. The van der Waals surface area contributed by atoms with E-state index in [9.17, 15) is 5.26 Å². The van der Waals surface area contributed by atoms with Crippen LogP contribution in [0, 0.1) is 16.7 Å². The van der Waals surface area contributed by atoms with Crippen molar-refractivity contribution in [1.29, 1.82) is 5.26 Å². The molecule has 0 bridgehead atoms. The van der Waals surface area contributed by atoms with E-state index in [1.165, 1.54) is 18.4 Å². The van der Waals surface area contributed by atoms with Gasteiger partial charge in [0.1, 0.15) is 0 Å². The molecule has 2 fully saturated rings.